The fraction of sp³-hybridized carbons (Fsp3) is 0.250. The maximum atomic E-state index is 12.4. The molecule has 3 rings (SSSR count). The Morgan fingerprint density at radius 1 is 1.18 bits per heavy atom. The van der Waals surface area contributed by atoms with Crippen molar-refractivity contribution in [3.63, 3.8) is 0 Å². The molecule has 1 N–H and O–H groups in total. The highest BCUT2D eigenvalue weighted by Gasteiger charge is 2.15. The first-order valence-corrected chi connectivity index (χ1v) is 10.3. The van der Waals surface area contributed by atoms with Crippen LogP contribution >= 0.6 is 23.4 Å². The number of benzene rings is 2. The van der Waals surface area contributed by atoms with E-state index in [1.165, 1.54) is 11.8 Å². The number of thioether (sulfide) groups is 1. The highest BCUT2D eigenvalue weighted by atomic mass is 35.5. The molecule has 3 aromatic rings. The summed E-state index contributed by atoms with van der Waals surface area (Å²) in [4.78, 5) is 12.4. The number of para-hydroxylation sites is 2. The third-order valence-electron chi connectivity index (χ3n) is 3.91. The zero-order chi connectivity index (χ0) is 19.9. The fourth-order valence-electron chi connectivity index (χ4n) is 2.69. The third kappa shape index (κ3) is 4.85. The average Bonchev–Trinajstić information content (AvgIpc) is 3.11. The third-order valence-corrected chi connectivity index (χ3v) is 5.11. The van der Waals surface area contributed by atoms with E-state index in [9.17, 15) is 4.79 Å². The van der Waals surface area contributed by atoms with Gasteiger partial charge in [-0.25, -0.2) is 0 Å². The minimum atomic E-state index is -0.132. The number of aromatic nitrogens is 3. The van der Waals surface area contributed by atoms with Gasteiger partial charge in [0.15, 0.2) is 11.0 Å². The van der Waals surface area contributed by atoms with Gasteiger partial charge in [-0.3, -0.25) is 4.79 Å². The van der Waals surface area contributed by atoms with E-state index < -0.39 is 0 Å². The molecule has 146 valence electrons. The molecule has 0 atom stereocenters. The van der Waals surface area contributed by atoms with Gasteiger partial charge in [0.25, 0.3) is 0 Å². The molecule has 0 radical (unpaired) electrons. The molecule has 1 amide bonds. The number of hydrogen-bond acceptors (Lipinski definition) is 5. The molecule has 6 nitrogen and oxygen atoms in total. The van der Waals surface area contributed by atoms with Crippen LogP contribution in [0.5, 0.6) is 5.75 Å². The molecule has 0 aliphatic carbocycles. The number of hydrogen-bond donors (Lipinski definition) is 1. The zero-order valence-corrected chi connectivity index (χ0v) is 17.3. The molecule has 28 heavy (non-hydrogen) atoms. The van der Waals surface area contributed by atoms with Gasteiger partial charge in [0, 0.05) is 17.1 Å². The summed E-state index contributed by atoms with van der Waals surface area (Å²) in [6.45, 7) is 5.14. The molecule has 0 unspecified atom stereocenters. The minimum absolute atomic E-state index is 0.132. The summed E-state index contributed by atoms with van der Waals surface area (Å²) in [5.41, 5.74) is 1.55. The summed E-state index contributed by atoms with van der Waals surface area (Å²) in [5, 5.41) is 12.7. The Balaban J connectivity index is 1.69. The van der Waals surface area contributed by atoms with Crippen molar-refractivity contribution in [1.29, 1.82) is 0 Å². The Morgan fingerprint density at radius 3 is 2.75 bits per heavy atom. The summed E-state index contributed by atoms with van der Waals surface area (Å²) in [7, 11) is 0. The zero-order valence-electron chi connectivity index (χ0n) is 15.7. The van der Waals surface area contributed by atoms with Crippen LogP contribution in [0.25, 0.3) is 11.4 Å². The Labute approximate surface area is 173 Å². The van der Waals surface area contributed by atoms with Crippen molar-refractivity contribution in [2.75, 3.05) is 17.7 Å². The second-order valence-corrected chi connectivity index (χ2v) is 7.21. The largest absolute Gasteiger partial charge is 0.492 e. The van der Waals surface area contributed by atoms with Gasteiger partial charge < -0.3 is 14.6 Å². The van der Waals surface area contributed by atoms with Gasteiger partial charge in [0.05, 0.1) is 18.0 Å². The number of anilines is 1. The lowest BCUT2D eigenvalue weighted by molar-refractivity contribution is -0.113. The Morgan fingerprint density at radius 2 is 2.00 bits per heavy atom. The van der Waals surface area contributed by atoms with Crippen LogP contribution < -0.4 is 10.1 Å². The number of nitrogens with zero attached hydrogens (tertiary/aromatic N) is 3. The van der Waals surface area contributed by atoms with Crippen molar-refractivity contribution in [2.24, 2.45) is 0 Å². The normalized spacial score (nSPS) is 10.7. The van der Waals surface area contributed by atoms with Gasteiger partial charge in [-0.15, -0.1) is 10.2 Å². The van der Waals surface area contributed by atoms with Crippen molar-refractivity contribution < 1.29 is 9.53 Å². The van der Waals surface area contributed by atoms with Crippen LogP contribution in [-0.2, 0) is 11.3 Å². The van der Waals surface area contributed by atoms with Gasteiger partial charge in [-0.1, -0.05) is 47.6 Å². The molecular weight excluding hydrogens is 396 g/mol. The molecule has 0 fully saturated rings. The second kappa shape index (κ2) is 9.61. The minimum Gasteiger partial charge on any atom is -0.492 e. The number of halogens is 1. The Bertz CT molecular complexity index is 961. The standard InChI is InChI=1S/C20H21ClN4O2S/c1-3-25-19(14-8-7-9-15(21)12-14)23-24-20(25)28-13-18(26)22-16-10-5-6-11-17(16)27-4-2/h5-12H,3-4,13H2,1-2H3,(H,22,26). The molecule has 0 saturated heterocycles. The average molecular weight is 417 g/mol. The highest BCUT2D eigenvalue weighted by molar-refractivity contribution is 7.99. The summed E-state index contributed by atoms with van der Waals surface area (Å²) in [6.07, 6.45) is 0. The van der Waals surface area contributed by atoms with Crippen LogP contribution in [-0.4, -0.2) is 33.0 Å². The van der Waals surface area contributed by atoms with Crippen LogP contribution in [0.2, 0.25) is 5.02 Å². The van der Waals surface area contributed by atoms with Gasteiger partial charge in [-0.05, 0) is 38.1 Å². The van der Waals surface area contributed by atoms with Crippen LogP contribution in [0, 0.1) is 0 Å². The van der Waals surface area contributed by atoms with Crippen molar-refractivity contribution in [3.8, 4) is 17.1 Å². The summed E-state index contributed by atoms with van der Waals surface area (Å²) in [6, 6.07) is 14.9. The molecule has 0 aliphatic rings. The van der Waals surface area contributed by atoms with Gasteiger partial charge in [0.2, 0.25) is 5.91 Å². The van der Waals surface area contributed by atoms with E-state index >= 15 is 0 Å². The van der Waals surface area contributed by atoms with E-state index in [-0.39, 0.29) is 11.7 Å². The number of rotatable bonds is 8. The van der Waals surface area contributed by atoms with E-state index in [0.717, 1.165) is 11.4 Å². The van der Waals surface area contributed by atoms with E-state index in [0.29, 0.717) is 34.8 Å². The predicted molar refractivity (Wildman–Crippen MR) is 113 cm³/mol. The van der Waals surface area contributed by atoms with Crippen molar-refractivity contribution in [1.82, 2.24) is 14.8 Å². The summed E-state index contributed by atoms with van der Waals surface area (Å²) in [5.74, 6) is 1.47. The smallest absolute Gasteiger partial charge is 0.234 e. The molecule has 0 spiro atoms. The fourth-order valence-corrected chi connectivity index (χ4v) is 3.68. The van der Waals surface area contributed by atoms with E-state index in [2.05, 4.69) is 15.5 Å². The van der Waals surface area contributed by atoms with Crippen molar-refractivity contribution in [2.45, 2.75) is 25.5 Å². The molecule has 0 aliphatic heterocycles. The summed E-state index contributed by atoms with van der Waals surface area (Å²) < 4.78 is 7.51. The molecular formula is C20H21ClN4O2S. The first kappa shape index (κ1) is 20.2. The molecule has 1 aromatic heterocycles. The number of amides is 1. The highest BCUT2D eigenvalue weighted by Crippen LogP contribution is 2.27. The van der Waals surface area contributed by atoms with Crippen LogP contribution in [0.4, 0.5) is 5.69 Å². The van der Waals surface area contributed by atoms with E-state index in [1.54, 1.807) is 0 Å². The first-order valence-electron chi connectivity index (χ1n) is 8.96. The second-order valence-electron chi connectivity index (χ2n) is 5.83. The Hall–Kier alpha value is -2.51. The van der Waals surface area contributed by atoms with Crippen molar-refractivity contribution >= 4 is 35.0 Å². The lowest BCUT2D eigenvalue weighted by Crippen LogP contribution is -2.15. The molecule has 0 saturated carbocycles. The molecule has 0 bridgehead atoms. The maximum Gasteiger partial charge on any atom is 0.234 e. The molecule has 2 aromatic carbocycles. The van der Waals surface area contributed by atoms with Gasteiger partial charge >= 0.3 is 0 Å². The molecule has 1 heterocycles. The van der Waals surface area contributed by atoms with Gasteiger partial charge in [-0.2, -0.15) is 0 Å². The Kier molecular flexibility index (Phi) is 6.95. The van der Waals surface area contributed by atoms with E-state index in [1.807, 2.05) is 66.9 Å². The monoisotopic (exact) mass is 416 g/mol. The lowest BCUT2D eigenvalue weighted by Gasteiger charge is -2.11. The van der Waals surface area contributed by atoms with Crippen LogP contribution in [0.15, 0.2) is 53.7 Å². The lowest BCUT2D eigenvalue weighted by atomic mass is 10.2. The first-order chi connectivity index (χ1) is 13.6. The number of ether oxygens (including phenoxy) is 1. The van der Waals surface area contributed by atoms with E-state index in [4.69, 9.17) is 16.3 Å². The number of carbonyl (C=O) groups is 1. The van der Waals surface area contributed by atoms with Gasteiger partial charge in [0.1, 0.15) is 5.75 Å². The molecule has 8 heteroatoms. The topological polar surface area (TPSA) is 69.0 Å². The van der Waals surface area contributed by atoms with Crippen LogP contribution in [0.1, 0.15) is 13.8 Å². The summed E-state index contributed by atoms with van der Waals surface area (Å²) >= 11 is 7.43. The number of nitrogens with one attached hydrogen (secondary N) is 1. The predicted octanol–water partition coefficient (Wildman–Crippen LogP) is 4.75. The quantitative estimate of drug-likeness (QED) is 0.537. The van der Waals surface area contributed by atoms with Crippen molar-refractivity contribution in [3.05, 3.63) is 53.6 Å². The SMILES string of the molecule is CCOc1ccccc1NC(=O)CSc1nnc(-c2cccc(Cl)c2)n1CC. The maximum absolute atomic E-state index is 12.4. The number of carbonyl (C=O) groups excluding carboxylic acids is 1. The van der Waals surface area contributed by atoms with Crippen LogP contribution in [0.3, 0.4) is 0 Å².